The van der Waals surface area contributed by atoms with E-state index < -0.39 is 0 Å². The van der Waals surface area contributed by atoms with Gasteiger partial charge in [-0.15, -0.1) is 0 Å². The van der Waals surface area contributed by atoms with Gasteiger partial charge >= 0.3 is 0 Å². The van der Waals surface area contributed by atoms with Crippen LogP contribution in [0.3, 0.4) is 0 Å². The number of piperidine rings is 1. The van der Waals surface area contributed by atoms with E-state index in [1.165, 1.54) is 5.56 Å². The van der Waals surface area contributed by atoms with Crippen LogP contribution in [-0.4, -0.2) is 40.8 Å². The fourth-order valence-electron chi connectivity index (χ4n) is 3.78. The van der Waals surface area contributed by atoms with Gasteiger partial charge in [0, 0.05) is 37.4 Å². The second-order valence-electron chi connectivity index (χ2n) is 7.17. The average Bonchev–Trinajstić information content (AvgIpc) is 3.50. The number of aromatic nitrogens is 1. The summed E-state index contributed by atoms with van der Waals surface area (Å²) in [6.45, 7) is 1.43. The third-order valence-corrected chi connectivity index (χ3v) is 5.40. The highest BCUT2D eigenvalue weighted by molar-refractivity contribution is 5.94. The number of benzene rings is 1. The van der Waals surface area contributed by atoms with Crippen LogP contribution < -0.4 is 5.32 Å². The number of nitrogens with one attached hydrogen (secondary N) is 1. The van der Waals surface area contributed by atoms with Crippen LogP contribution in [0.5, 0.6) is 0 Å². The summed E-state index contributed by atoms with van der Waals surface area (Å²) >= 11 is 0. The van der Waals surface area contributed by atoms with E-state index in [4.69, 9.17) is 0 Å². The molecule has 0 unspecified atom stereocenters. The number of likely N-dealkylation sites (tertiary alicyclic amines) is 1. The highest BCUT2D eigenvalue weighted by Gasteiger charge is 2.46. The first-order valence-corrected chi connectivity index (χ1v) is 9.27. The van der Waals surface area contributed by atoms with Crippen LogP contribution in [-0.2, 0) is 4.79 Å². The van der Waals surface area contributed by atoms with E-state index in [1.54, 1.807) is 24.5 Å². The minimum atomic E-state index is -0.0887. The summed E-state index contributed by atoms with van der Waals surface area (Å²) in [4.78, 5) is 30.9. The van der Waals surface area contributed by atoms with Gasteiger partial charge in [0.05, 0.1) is 5.56 Å². The number of pyridine rings is 1. The van der Waals surface area contributed by atoms with E-state index in [9.17, 15) is 9.59 Å². The minimum Gasteiger partial charge on any atom is -0.349 e. The molecule has 2 atom stereocenters. The summed E-state index contributed by atoms with van der Waals surface area (Å²) in [6, 6.07) is 13.9. The van der Waals surface area contributed by atoms with Crippen molar-refractivity contribution in [1.29, 1.82) is 0 Å². The van der Waals surface area contributed by atoms with E-state index in [2.05, 4.69) is 22.4 Å². The van der Waals surface area contributed by atoms with Crippen molar-refractivity contribution in [2.24, 2.45) is 5.92 Å². The number of amides is 2. The number of carbonyl (C=O) groups excluding carboxylic acids is 2. The topological polar surface area (TPSA) is 62.3 Å². The van der Waals surface area contributed by atoms with Crippen LogP contribution in [0.15, 0.2) is 54.9 Å². The van der Waals surface area contributed by atoms with E-state index in [-0.39, 0.29) is 23.8 Å². The van der Waals surface area contributed by atoms with Crippen molar-refractivity contribution in [1.82, 2.24) is 15.2 Å². The first-order valence-electron chi connectivity index (χ1n) is 9.27. The molecule has 2 amide bonds. The molecular formula is C21H23N3O2. The molecule has 1 N–H and O–H groups in total. The third kappa shape index (κ3) is 3.62. The van der Waals surface area contributed by atoms with Crippen LogP contribution in [0.2, 0.25) is 0 Å². The smallest absolute Gasteiger partial charge is 0.253 e. The van der Waals surface area contributed by atoms with Crippen molar-refractivity contribution in [3.63, 3.8) is 0 Å². The van der Waals surface area contributed by atoms with E-state index in [1.807, 2.05) is 23.1 Å². The predicted molar refractivity (Wildman–Crippen MR) is 98.6 cm³/mol. The maximum Gasteiger partial charge on any atom is 0.253 e. The van der Waals surface area contributed by atoms with Gasteiger partial charge in [-0.2, -0.15) is 0 Å². The molecule has 1 aliphatic heterocycles. The fourth-order valence-corrected chi connectivity index (χ4v) is 3.78. The number of hydrogen-bond donors (Lipinski definition) is 1. The maximum absolute atomic E-state index is 12.7. The second-order valence-corrected chi connectivity index (χ2v) is 7.17. The molecule has 1 aromatic heterocycles. The molecule has 134 valence electrons. The van der Waals surface area contributed by atoms with Gasteiger partial charge in [0.25, 0.3) is 5.91 Å². The average molecular weight is 349 g/mol. The SMILES string of the molecule is O=C(NC1CCN(C(=O)[C@H]2C[C@H]2c2ccccc2)CC1)c1cccnc1. The van der Waals surface area contributed by atoms with Gasteiger partial charge in [0.1, 0.15) is 0 Å². The molecule has 0 bridgehead atoms. The second kappa shape index (κ2) is 7.28. The Labute approximate surface area is 153 Å². The molecule has 2 fully saturated rings. The molecule has 5 heteroatoms. The summed E-state index contributed by atoms with van der Waals surface area (Å²) < 4.78 is 0. The molecule has 5 nitrogen and oxygen atoms in total. The summed E-state index contributed by atoms with van der Waals surface area (Å²) in [5, 5.41) is 3.06. The van der Waals surface area contributed by atoms with Gasteiger partial charge in [0.2, 0.25) is 5.91 Å². The van der Waals surface area contributed by atoms with Crippen LogP contribution in [0.25, 0.3) is 0 Å². The van der Waals surface area contributed by atoms with Gasteiger partial charge in [-0.05, 0) is 42.9 Å². The van der Waals surface area contributed by atoms with Gasteiger partial charge in [-0.25, -0.2) is 0 Å². The molecule has 1 saturated carbocycles. The Morgan fingerprint density at radius 1 is 1.04 bits per heavy atom. The number of rotatable bonds is 4. The van der Waals surface area contributed by atoms with E-state index in [0.29, 0.717) is 11.5 Å². The maximum atomic E-state index is 12.7. The first-order chi connectivity index (χ1) is 12.7. The Hall–Kier alpha value is -2.69. The summed E-state index contributed by atoms with van der Waals surface area (Å²) in [5.41, 5.74) is 1.85. The molecule has 1 saturated heterocycles. The van der Waals surface area contributed by atoms with E-state index >= 15 is 0 Å². The molecule has 2 aromatic rings. The standard InChI is InChI=1S/C21H23N3O2/c25-20(16-7-4-10-22-14-16)23-17-8-11-24(12-9-17)21(26)19-13-18(19)15-5-2-1-3-6-15/h1-7,10,14,17-19H,8-9,11-13H2,(H,23,25)/t18-,19-/m0/s1. The molecule has 2 aliphatic rings. The van der Waals surface area contributed by atoms with Crippen molar-refractivity contribution < 1.29 is 9.59 Å². The van der Waals surface area contributed by atoms with Crippen molar-refractivity contribution in [3.05, 3.63) is 66.0 Å². The largest absolute Gasteiger partial charge is 0.349 e. The molecule has 2 heterocycles. The van der Waals surface area contributed by atoms with Crippen LogP contribution in [0.1, 0.15) is 41.1 Å². The monoisotopic (exact) mass is 349 g/mol. The molecule has 0 radical (unpaired) electrons. The number of carbonyl (C=O) groups is 2. The van der Waals surface area contributed by atoms with Gasteiger partial charge in [-0.3, -0.25) is 14.6 Å². The molecule has 0 spiro atoms. The van der Waals surface area contributed by atoms with Gasteiger partial charge in [-0.1, -0.05) is 30.3 Å². The van der Waals surface area contributed by atoms with Gasteiger partial charge in [0.15, 0.2) is 0 Å². The Kier molecular flexibility index (Phi) is 4.69. The summed E-state index contributed by atoms with van der Waals surface area (Å²) in [5.74, 6) is 0.704. The van der Waals surface area contributed by atoms with Crippen LogP contribution >= 0.6 is 0 Å². The molecule has 1 aromatic carbocycles. The number of nitrogens with zero attached hydrogens (tertiary/aromatic N) is 2. The van der Waals surface area contributed by atoms with Gasteiger partial charge < -0.3 is 10.2 Å². The lowest BCUT2D eigenvalue weighted by Gasteiger charge is -2.32. The predicted octanol–water partition coefficient (Wildman–Crippen LogP) is 2.61. The Morgan fingerprint density at radius 3 is 2.50 bits per heavy atom. The highest BCUT2D eigenvalue weighted by atomic mass is 16.2. The van der Waals surface area contributed by atoms with Crippen molar-refractivity contribution in [2.45, 2.75) is 31.2 Å². The van der Waals surface area contributed by atoms with Crippen molar-refractivity contribution >= 4 is 11.8 Å². The van der Waals surface area contributed by atoms with Crippen molar-refractivity contribution in [3.8, 4) is 0 Å². The zero-order chi connectivity index (χ0) is 17.9. The fraction of sp³-hybridized carbons (Fsp3) is 0.381. The zero-order valence-corrected chi connectivity index (χ0v) is 14.7. The summed E-state index contributed by atoms with van der Waals surface area (Å²) in [6.07, 6.45) is 5.80. The highest BCUT2D eigenvalue weighted by Crippen LogP contribution is 2.48. The molecule has 1 aliphatic carbocycles. The van der Waals surface area contributed by atoms with E-state index in [0.717, 1.165) is 32.4 Å². The first kappa shape index (κ1) is 16.8. The quantitative estimate of drug-likeness (QED) is 0.923. The van der Waals surface area contributed by atoms with Crippen molar-refractivity contribution in [2.75, 3.05) is 13.1 Å². The third-order valence-electron chi connectivity index (χ3n) is 5.40. The number of hydrogen-bond acceptors (Lipinski definition) is 3. The Balaban J connectivity index is 1.26. The minimum absolute atomic E-state index is 0.0887. The molecule has 4 rings (SSSR count). The lowest BCUT2D eigenvalue weighted by atomic mass is 10.0. The zero-order valence-electron chi connectivity index (χ0n) is 14.7. The van der Waals surface area contributed by atoms with Crippen LogP contribution in [0.4, 0.5) is 0 Å². The molecule has 26 heavy (non-hydrogen) atoms. The lowest BCUT2D eigenvalue weighted by Crippen LogP contribution is -2.47. The lowest BCUT2D eigenvalue weighted by molar-refractivity contribution is -0.133. The van der Waals surface area contributed by atoms with Crippen LogP contribution in [0, 0.1) is 5.92 Å². The molecular weight excluding hydrogens is 326 g/mol. The normalized spacial score (nSPS) is 22.7. The summed E-state index contributed by atoms with van der Waals surface area (Å²) in [7, 11) is 0. The Bertz CT molecular complexity index is 770. The Morgan fingerprint density at radius 2 is 1.81 bits per heavy atom.